The average molecular weight is 943 g/mol. The van der Waals surface area contributed by atoms with E-state index in [1.165, 1.54) is 238 Å². The van der Waals surface area contributed by atoms with Crippen LogP contribution in [-0.2, 0) is 14.3 Å². The first-order chi connectivity index (χ1) is 33.0. The molecule has 6 heteroatoms. The average Bonchev–Trinajstić information content (AvgIpc) is 3.33. The van der Waals surface area contributed by atoms with Crippen LogP contribution in [0.1, 0.15) is 316 Å². The summed E-state index contributed by atoms with van der Waals surface area (Å²) in [5, 5.41) is 23.1. The van der Waals surface area contributed by atoms with Crippen molar-refractivity contribution in [3.05, 3.63) is 36.5 Å². The lowest BCUT2D eigenvalue weighted by Crippen LogP contribution is -2.45. The second-order valence-electron chi connectivity index (χ2n) is 20.3. The van der Waals surface area contributed by atoms with E-state index in [1.807, 2.05) is 6.08 Å². The number of amides is 1. The van der Waals surface area contributed by atoms with Crippen LogP contribution in [0.2, 0.25) is 0 Å². The number of unbranched alkanes of at least 4 members (excludes halogenated alkanes) is 40. The van der Waals surface area contributed by atoms with E-state index in [-0.39, 0.29) is 18.5 Å². The fraction of sp³-hybridized carbons (Fsp3) is 0.869. The van der Waals surface area contributed by atoms with Gasteiger partial charge >= 0.3 is 5.97 Å². The smallest absolute Gasteiger partial charge is 0.305 e. The maximum Gasteiger partial charge on any atom is 0.305 e. The van der Waals surface area contributed by atoms with E-state index in [4.69, 9.17) is 4.74 Å². The first-order valence-corrected chi connectivity index (χ1v) is 29.8. The number of esters is 1. The van der Waals surface area contributed by atoms with E-state index in [9.17, 15) is 19.8 Å². The summed E-state index contributed by atoms with van der Waals surface area (Å²) in [6.45, 7) is 4.88. The molecule has 0 fully saturated rings. The van der Waals surface area contributed by atoms with Gasteiger partial charge in [-0.25, -0.2) is 0 Å². The first kappa shape index (κ1) is 65.1. The molecule has 0 radical (unpaired) electrons. The van der Waals surface area contributed by atoms with Gasteiger partial charge in [-0.1, -0.05) is 275 Å². The molecule has 0 spiro atoms. The first-order valence-electron chi connectivity index (χ1n) is 29.8. The number of nitrogens with one attached hydrogen (secondary N) is 1. The Kier molecular flexibility index (Phi) is 55.0. The van der Waals surface area contributed by atoms with Crippen LogP contribution >= 0.6 is 0 Å². The van der Waals surface area contributed by atoms with Crippen LogP contribution < -0.4 is 5.32 Å². The van der Waals surface area contributed by atoms with Gasteiger partial charge < -0.3 is 20.3 Å². The molecule has 394 valence electrons. The van der Waals surface area contributed by atoms with Crippen molar-refractivity contribution in [2.75, 3.05) is 13.2 Å². The number of carbonyl (C=O) groups excluding carboxylic acids is 2. The zero-order valence-corrected chi connectivity index (χ0v) is 44.9. The summed E-state index contributed by atoms with van der Waals surface area (Å²) in [5.74, 6) is -0.0701. The van der Waals surface area contributed by atoms with Crippen molar-refractivity contribution >= 4 is 11.9 Å². The molecule has 0 saturated heterocycles. The zero-order valence-electron chi connectivity index (χ0n) is 44.9. The van der Waals surface area contributed by atoms with Crippen molar-refractivity contribution in [1.82, 2.24) is 5.32 Å². The second-order valence-corrected chi connectivity index (χ2v) is 20.3. The molecule has 0 aromatic heterocycles. The molecule has 6 nitrogen and oxygen atoms in total. The lowest BCUT2D eigenvalue weighted by molar-refractivity contribution is -0.143. The van der Waals surface area contributed by atoms with E-state index in [0.29, 0.717) is 19.4 Å². The Morgan fingerprint density at radius 1 is 0.418 bits per heavy atom. The van der Waals surface area contributed by atoms with Gasteiger partial charge in [0.1, 0.15) is 0 Å². The van der Waals surface area contributed by atoms with Crippen LogP contribution in [0, 0.1) is 0 Å². The normalized spacial score (nSPS) is 12.8. The molecule has 1 amide bonds. The molecule has 0 saturated carbocycles. The topological polar surface area (TPSA) is 95.9 Å². The highest BCUT2D eigenvalue weighted by Gasteiger charge is 2.18. The molecule has 0 aliphatic heterocycles. The van der Waals surface area contributed by atoms with Crippen LogP contribution in [0.15, 0.2) is 36.5 Å². The molecule has 0 rings (SSSR count). The quantitative estimate of drug-likeness (QED) is 0.0321. The van der Waals surface area contributed by atoms with Crippen molar-refractivity contribution in [3.63, 3.8) is 0 Å². The Morgan fingerprint density at radius 2 is 0.746 bits per heavy atom. The van der Waals surface area contributed by atoms with Gasteiger partial charge in [0.2, 0.25) is 5.91 Å². The molecule has 2 unspecified atom stereocenters. The van der Waals surface area contributed by atoms with Crippen molar-refractivity contribution < 1.29 is 24.5 Å². The number of allylic oxidation sites excluding steroid dienone is 5. The van der Waals surface area contributed by atoms with Gasteiger partial charge in [0, 0.05) is 12.8 Å². The van der Waals surface area contributed by atoms with Crippen LogP contribution in [0.3, 0.4) is 0 Å². The highest BCUT2D eigenvalue weighted by molar-refractivity contribution is 5.76. The summed E-state index contributed by atoms with van der Waals surface area (Å²) in [6, 6.07) is -0.630. The van der Waals surface area contributed by atoms with Crippen molar-refractivity contribution in [2.24, 2.45) is 0 Å². The number of ether oxygens (including phenoxy) is 1. The summed E-state index contributed by atoms with van der Waals surface area (Å²) < 4.78 is 5.48. The molecule has 67 heavy (non-hydrogen) atoms. The van der Waals surface area contributed by atoms with Gasteiger partial charge in [-0.3, -0.25) is 9.59 Å². The van der Waals surface area contributed by atoms with Crippen LogP contribution in [0.5, 0.6) is 0 Å². The van der Waals surface area contributed by atoms with Gasteiger partial charge in [0.05, 0.1) is 25.4 Å². The minimum Gasteiger partial charge on any atom is -0.466 e. The SMILES string of the molecule is CCCCC/C=C\C/C=C\CCCCCCCCCC(=O)OCCCCCCCCCCCCCCCCCCCCCC(=O)NC(CO)C(O)/C=C/CCCCCCCCCCCCCC. The van der Waals surface area contributed by atoms with Crippen LogP contribution in [-0.4, -0.2) is 47.4 Å². The molecular weight excluding hydrogens is 827 g/mol. The largest absolute Gasteiger partial charge is 0.466 e. The number of carbonyl (C=O) groups is 2. The van der Waals surface area contributed by atoms with Gasteiger partial charge in [0.15, 0.2) is 0 Å². The Labute approximate surface area is 417 Å². The Hall–Kier alpha value is -1.92. The predicted molar refractivity (Wildman–Crippen MR) is 292 cm³/mol. The fourth-order valence-electron chi connectivity index (χ4n) is 9.08. The number of rotatable bonds is 55. The summed E-state index contributed by atoms with van der Waals surface area (Å²) in [6.07, 6.45) is 70.2. The molecule has 3 N–H and O–H groups in total. The Morgan fingerprint density at radius 3 is 1.16 bits per heavy atom. The zero-order chi connectivity index (χ0) is 48.6. The lowest BCUT2D eigenvalue weighted by Gasteiger charge is -2.20. The third-order valence-electron chi connectivity index (χ3n) is 13.7. The lowest BCUT2D eigenvalue weighted by atomic mass is 10.0. The minimum atomic E-state index is -0.846. The standard InChI is InChI=1S/C61H115NO5/c1-3-5-7-9-11-13-15-17-19-23-27-31-35-39-43-47-51-55-61(66)67-56-52-48-44-40-36-32-28-25-22-20-21-24-26-30-34-38-42-46-50-54-60(65)62-58(57-63)59(64)53-49-45-41-37-33-29-18-16-14-12-10-8-6-4-2/h11,13,17,19,49,53,58-59,63-64H,3-10,12,14-16,18,20-48,50-52,54-57H2,1-2H3,(H,62,65)/b13-11-,19-17-,53-49+. The summed E-state index contributed by atoms with van der Waals surface area (Å²) in [4.78, 5) is 24.5. The van der Waals surface area contributed by atoms with Crippen molar-refractivity contribution in [1.29, 1.82) is 0 Å². The van der Waals surface area contributed by atoms with Crippen LogP contribution in [0.25, 0.3) is 0 Å². The Bertz CT molecular complexity index is 1090. The van der Waals surface area contributed by atoms with Gasteiger partial charge in [-0.15, -0.1) is 0 Å². The van der Waals surface area contributed by atoms with E-state index >= 15 is 0 Å². The Balaban J connectivity index is 3.42. The maximum atomic E-state index is 12.4. The summed E-state index contributed by atoms with van der Waals surface area (Å²) in [5.41, 5.74) is 0. The number of aliphatic hydroxyl groups is 2. The molecule has 0 aromatic carbocycles. The third-order valence-corrected chi connectivity index (χ3v) is 13.7. The predicted octanol–water partition coefficient (Wildman–Crippen LogP) is 18.4. The molecule has 0 heterocycles. The van der Waals surface area contributed by atoms with E-state index in [1.54, 1.807) is 6.08 Å². The minimum absolute atomic E-state index is 0.000448. The number of hydrogen-bond donors (Lipinski definition) is 3. The summed E-state index contributed by atoms with van der Waals surface area (Å²) in [7, 11) is 0. The monoisotopic (exact) mass is 942 g/mol. The third kappa shape index (κ3) is 53.3. The molecule has 2 atom stereocenters. The number of hydrogen-bond acceptors (Lipinski definition) is 5. The molecule has 0 bridgehead atoms. The molecular formula is C61H115NO5. The van der Waals surface area contributed by atoms with Gasteiger partial charge in [-0.2, -0.15) is 0 Å². The van der Waals surface area contributed by atoms with Crippen molar-refractivity contribution in [2.45, 2.75) is 328 Å². The van der Waals surface area contributed by atoms with E-state index < -0.39 is 12.1 Å². The van der Waals surface area contributed by atoms with Crippen LogP contribution in [0.4, 0.5) is 0 Å². The van der Waals surface area contributed by atoms with Gasteiger partial charge in [0.25, 0.3) is 0 Å². The maximum absolute atomic E-state index is 12.4. The molecule has 0 aromatic rings. The number of aliphatic hydroxyl groups excluding tert-OH is 2. The molecule has 0 aliphatic rings. The van der Waals surface area contributed by atoms with Gasteiger partial charge in [-0.05, 0) is 64.2 Å². The highest BCUT2D eigenvalue weighted by Crippen LogP contribution is 2.17. The highest BCUT2D eigenvalue weighted by atomic mass is 16.5. The van der Waals surface area contributed by atoms with E-state index in [0.717, 1.165) is 51.4 Å². The fourth-order valence-corrected chi connectivity index (χ4v) is 9.08. The summed E-state index contributed by atoms with van der Waals surface area (Å²) >= 11 is 0. The molecule has 0 aliphatic carbocycles. The van der Waals surface area contributed by atoms with E-state index in [2.05, 4.69) is 43.5 Å². The van der Waals surface area contributed by atoms with Crippen molar-refractivity contribution in [3.8, 4) is 0 Å². The second kappa shape index (κ2) is 56.7.